The van der Waals surface area contributed by atoms with E-state index in [0.717, 1.165) is 12.0 Å². The Hall–Kier alpha value is -1.56. The molecule has 2 rings (SSSR count). The molecule has 0 bridgehead atoms. The van der Waals surface area contributed by atoms with Crippen LogP contribution in [0.25, 0.3) is 0 Å². The molecule has 2 aromatic carbocycles. The Bertz CT molecular complexity index is 682. The highest BCUT2D eigenvalue weighted by Crippen LogP contribution is 2.19. The summed E-state index contributed by atoms with van der Waals surface area (Å²) in [6.45, 7) is 0.123. The van der Waals surface area contributed by atoms with Crippen molar-refractivity contribution in [2.24, 2.45) is 0 Å². The van der Waals surface area contributed by atoms with Crippen molar-refractivity contribution in [3.8, 4) is 0 Å². The number of hydrogen-bond acceptors (Lipinski definition) is 3. The molecule has 0 saturated carbocycles. The Morgan fingerprint density at radius 3 is 2.19 bits per heavy atom. The molecule has 0 aromatic heterocycles. The average molecular weight is 326 g/mol. The van der Waals surface area contributed by atoms with Gasteiger partial charge in [-0.1, -0.05) is 23.7 Å². The number of aryl methyl sites for hydroxylation is 1. The SMILES string of the molecule is O=S(=O)(Nc1ccc(Cl)cc1)c1ccc(CCCO)cc1. The van der Waals surface area contributed by atoms with Crippen molar-refractivity contribution in [1.29, 1.82) is 0 Å². The predicted octanol–water partition coefficient (Wildman–Crippen LogP) is 3.07. The summed E-state index contributed by atoms with van der Waals surface area (Å²) in [5, 5.41) is 9.33. The molecule has 0 radical (unpaired) electrons. The van der Waals surface area contributed by atoms with Gasteiger partial charge in [0.25, 0.3) is 10.0 Å². The van der Waals surface area contributed by atoms with Crippen LogP contribution in [0.5, 0.6) is 0 Å². The molecule has 4 nitrogen and oxygen atoms in total. The summed E-state index contributed by atoms with van der Waals surface area (Å²) >= 11 is 5.76. The number of hydrogen-bond donors (Lipinski definition) is 2. The summed E-state index contributed by atoms with van der Waals surface area (Å²) in [5.41, 5.74) is 1.46. The Balaban J connectivity index is 2.13. The number of nitrogens with one attached hydrogen (secondary N) is 1. The second-order valence-corrected chi connectivity index (χ2v) is 6.70. The lowest BCUT2D eigenvalue weighted by Crippen LogP contribution is -2.12. The largest absolute Gasteiger partial charge is 0.396 e. The first-order chi connectivity index (χ1) is 10.0. The van der Waals surface area contributed by atoms with E-state index in [1.54, 1.807) is 48.5 Å². The number of benzene rings is 2. The molecule has 2 aromatic rings. The Morgan fingerprint density at radius 1 is 1.00 bits per heavy atom. The quantitative estimate of drug-likeness (QED) is 0.857. The summed E-state index contributed by atoms with van der Waals surface area (Å²) < 4.78 is 27.0. The Labute approximate surface area is 129 Å². The van der Waals surface area contributed by atoms with Gasteiger partial charge in [-0.3, -0.25) is 4.72 Å². The van der Waals surface area contributed by atoms with Crippen molar-refractivity contribution in [2.45, 2.75) is 17.7 Å². The molecule has 0 aliphatic rings. The first kappa shape index (κ1) is 15.8. The normalized spacial score (nSPS) is 11.3. The fraction of sp³-hybridized carbons (Fsp3) is 0.200. The zero-order valence-electron chi connectivity index (χ0n) is 11.3. The maximum atomic E-state index is 12.2. The highest BCUT2D eigenvalue weighted by Gasteiger charge is 2.13. The lowest BCUT2D eigenvalue weighted by Gasteiger charge is -2.09. The maximum Gasteiger partial charge on any atom is 0.261 e. The van der Waals surface area contributed by atoms with Gasteiger partial charge in [0.05, 0.1) is 4.90 Å². The minimum Gasteiger partial charge on any atom is -0.396 e. The van der Waals surface area contributed by atoms with Crippen molar-refractivity contribution in [3.05, 3.63) is 59.1 Å². The van der Waals surface area contributed by atoms with Gasteiger partial charge in [0, 0.05) is 17.3 Å². The van der Waals surface area contributed by atoms with Crippen LogP contribution in [0.3, 0.4) is 0 Å². The number of sulfonamides is 1. The van der Waals surface area contributed by atoms with Gasteiger partial charge in [-0.2, -0.15) is 0 Å². The van der Waals surface area contributed by atoms with Crippen LogP contribution >= 0.6 is 11.6 Å². The van der Waals surface area contributed by atoms with Crippen LogP contribution in [-0.2, 0) is 16.4 Å². The molecule has 0 amide bonds. The van der Waals surface area contributed by atoms with E-state index in [-0.39, 0.29) is 11.5 Å². The van der Waals surface area contributed by atoms with Crippen LogP contribution in [0.4, 0.5) is 5.69 Å². The Kier molecular flexibility index (Phi) is 5.22. The van der Waals surface area contributed by atoms with Gasteiger partial charge in [0.1, 0.15) is 0 Å². The van der Waals surface area contributed by atoms with E-state index in [2.05, 4.69) is 4.72 Å². The lowest BCUT2D eigenvalue weighted by atomic mass is 10.1. The van der Waals surface area contributed by atoms with Crippen LogP contribution in [0, 0.1) is 0 Å². The van der Waals surface area contributed by atoms with Gasteiger partial charge in [0.2, 0.25) is 0 Å². The molecule has 112 valence electrons. The van der Waals surface area contributed by atoms with Crippen LogP contribution in [0.15, 0.2) is 53.4 Å². The van der Waals surface area contributed by atoms with Crippen molar-refractivity contribution >= 4 is 27.3 Å². The minimum absolute atomic E-state index is 0.123. The zero-order valence-corrected chi connectivity index (χ0v) is 12.9. The molecule has 0 atom stereocenters. The molecule has 0 unspecified atom stereocenters. The van der Waals surface area contributed by atoms with E-state index in [0.29, 0.717) is 17.1 Å². The summed E-state index contributed by atoms with van der Waals surface area (Å²) in [7, 11) is -3.61. The molecule has 0 aliphatic heterocycles. The molecule has 0 saturated heterocycles. The second-order valence-electron chi connectivity index (χ2n) is 4.58. The van der Waals surface area contributed by atoms with Gasteiger partial charge in [-0.05, 0) is 54.8 Å². The third kappa shape index (κ3) is 4.46. The average Bonchev–Trinajstić information content (AvgIpc) is 2.48. The van der Waals surface area contributed by atoms with E-state index in [9.17, 15) is 8.42 Å². The van der Waals surface area contributed by atoms with E-state index >= 15 is 0 Å². The summed E-state index contributed by atoms with van der Waals surface area (Å²) in [6, 6.07) is 13.1. The standard InChI is InChI=1S/C15H16ClNO3S/c16-13-5-7-14(8-6-13)17-21(19,20)15-9-3-12(4-10-15)2-1-11-18/h3-10,17-18H,1-2,11H2. The molecule has 0 heterocycles. The van der Waals surface area contributed by atoms with Crippen molar-refractivity contribution < 1.29 is 13.5 Å². The third-order valence-electron chi connectivity index (χ3n) is 2.95. The Morgan fingerprint density at radius 2 is 1.62 bits per heavy atom. The number of anilines is 1. The molecular formula is C15H16ClNO3S. The first-order valence-electron chi connectivity index (χ1n) is 6.49. The topological polar surface area (TPSA) is 66.4 Å². The van der Waals surface area contributed by atoms with Gasteiger partial charge >= 0.3 is 0 Å². The van der Waals surface area contributed by atoms with Gasteiger partial charge < -0.3 is 5.11 Å². The number of halogens is 1. The van der Waals surface area contributed by atoms with Crippen molar-refractivity contribution in [1.82, 2.24) is 0 Å². The van der Waals surface area contributed by atoms with Crippen LogP contribution in [0.2, 0.25) is 5.02 Å². The number of rotatable bonds is 6. The summed E-state index contributed by atoms with van der Waals surface area (Å²) in [6.07, 6.45) is 1.39. The molecular weight excluding hydrogens is 310 g/mol. The highest BCUT2D eigenvalue weighted by molar-refractivity contribution is 7.92. The molecule has 21 heavy (non-hydrogen) atoms. The zero-order chi connectivity index (χ0) is 15.3. The smallest absolute Gasteiger partial charge is 0.261 e. The lowest BCUT2D eigenvalue weighted by molar-refractivity contribution is 0.288. The van der Waals surface area contributed by atoms with Crippen molar-refractivity contribution in [2.75, 3.05) is 11.3 Å². The minimum atomic E-state index is -3.61. The van der Waals surface area contributed by atoms with Gasteiger partial charge in [-0.15, -0.1) is 0 Å². The first-order valence-corrected chi connectivity index (χ1v) is 8.35. The number of aliphatic hydroxyl groups is 1. The van der Waals surface area contributed by atoms with Crippen LogP contribution < -0.4 is 4.72 Å². The van der Waals surface area contributed by atoms with Crippen LogP contribution in [0.1, 0.15) is 12.0 Å². The highest BCUT2D eigenvalue weighted by atomic mass is 35.5. The second kappa shape index (κ2) is 6.93. The molecule has 6 heteroatoms. The fourth-order valence-corrected chi connectivity index (χ4v) is 3.04. The summed E-state index contributed by atoms with van der Waals surface area (Å²) in [4.78, 5) is 0.199. The molecule has 0 spiro atoms. The third-order valence-corrected chi connectivity index (χ3v) is 4.60. The van der Waals surface area contributed by atoms with E-state index in [4.69, 9.17) is 16.7 Å². The fourth-order valence-electron chi connectivity index (χ4n) is 1.85. The van der Waals surface area contributed by atoms with Gasteiger partial charge in [-0.25, -0.2) is 8.42 Å². The molecule has 0 aliphatic carbocycles. The van der Waals surface area contributed by atoms with E-state index in [1.165, 1.54) is 0 Å². The predicted molar refractivity (Wildman–Crippen MR) is 84.1 cm³/mol. The summed E-state index contributed by atoms with van der Waals surface area (Å²) in [5.74, 6) is 0. The van der Waals surface area contributed by atoms with Gasteiger partial charge in [0.15, 0.2) is 0 Å². The van der Waals surface area contributed by atoms with Crippen LogP contribution in [-0.4, -0.2) is 20.1 Å². The monoisotopic (exact) mass is 325 g/mol. The maximum absolute atomic E-state index is 12.2. The van der Waals surface area contributed by atoms with E-state index in [1.807, 2.05) is 0 Å². The molecule has 2 N–H and O–H groups in total. The molecule has 0 fully saturated rings. The van der Waals surface area contributed by atoms with E-state index < -0.39 is 10.0 Å². The van der Waals surface area contributed by atoms with Crippen molar-refractivity contribution in [3.63, 3.8) is 0 Å². The number of aliphatic hydroxyl groups excluding tert-OH is 1.